The molecule has 2 amide bonds. The number of nitrogens with two attached hydrogens (primary N) is 1. The molecule has 0 aliphatic carbocycles. The second-order valence-corrected chi connectivity index (χ2v) is 2.80. The molecule has 0 aliphatic heterocycles. The molecule has 1 aromatic carbocycles. The Bertz CT molecular complexity index is 429. The highest BCUT2D eigenvalue weighted by Gasteiger charge is 2.07. The number of rotatable bonds is 3. The Kier molecular flexibility index (Phi) is 3.17. The van der Waals surface area contributed by atoms with Crippen LogP contribution in [0.1, 0.15) is 10.4 Å². The van der Waals surface area contributed by atoms with Crippen LogP contribution in [0.5, 0.6) is 0 Å². The molecule has 0 heterocycles. The van der Waals surface area contributed by atoms with E-state index < -0.39 is 17.6 Å². The van der Waals surface area contributed by atoms with Gasteiger partial charge in [-0.3, -0.25) is 9.59 Å². The van der Waals surface area contributed by atoms with Crippen molar-refractivity contribution in [1.82, 2.24) is 0 Å². The Labute approximate surface area is 85.6 Å². The minimum Gasteiger partial charge on any atom is -0.366 e. The molecule has 5 heteroatoms. The molecule has 78 valence electrons. The van der Waals surface area contributed by atoms with E-state index in [1.54, 1.807) is 0 Å². The van der Waals surface area contributed by atoms with Crippen LogP contribution < -0.4 is 11.1 Å². The third-order valence-corrected chi connectivity index (χ3v) is 1.65. The van der Waals surface area contributed by atoms with Gasteiger partial charge in [0.15, 0.2) is 5.83 Å². The molecule has 0 radical (unpaired) electrons. The summed E-state index contributed by atoms with van der Waals surface area (Å²) < 4.78 is 12.3. The zero-order valence-electron chi connectivity index (χ0n) is 7.79. The van der Waals surface area contributed by atoms with E-state index in [4.69, 9.17) is 5.73 Å². The molecule has 0 unspecified atom stereocenters. The van der Waals surface area contributed by atoms with Crippen molar-refractivity contribution < 1.29 is 14.0 Å². The Hall–Kier alpha value is -2.17. The van der Waals surface area contributed by atoms with Crippen molar-refractivity contribution in [2.75, 3.05) is 5.32 Å². The minimum atomic E-state index is -1.10. The van der Waals surface area contributed by atoms with E-state index in [0.29, 0.717) is 0 Å². The van der Waals surface area contributed by atoms with Gasteiger partial charge in [0.1, 0.15) is 0 Å². The number of halogens is 1. The molecule has 0 fully saturated rings. The van der Waals surface area contributed by atoms with Gasteiger partial charge in [-0.05, 0) is 18.2 Å². The monoisotopic (exact) mass is 208 g/mol. The Morgan fingerprint density at radius 3 is 2.60 bits per heavy atom. The molecule has 1 rings (SSSR count). The van der Waals surface area contributed by atoms with Crippen LogP contribution in [0, 0.1) is 0 Å². The van der Waals surface area contributed by atoms with Gasteiger partial charge in [-0.1, -0.05) is 12.6 Å². The van der Waals surface area contributed by atoms with Gasteiger partial charge >= 0.3 is 0 Å². The minimum absolute atomic E-state index is 0.234. The highest BCUT2D eigenvalue weighted by molar-refractivity contribution is 6.02. The van der Waals surface area contributed by atoms with Crippen LogP contribution in [0.15, 0.2) is 36.7 Å². The number of anilines is 1. The van der Waals surface area contributed by atoms with Crippen LogP contribution in [0.3, 0.4) is 0 Å². The van der Waals surface area contributed by atoms with Crippen LogP contribution >= 0.6 is 0 Å². The Morgan fingerprint density at radius 1 is 1.40 bits per heavy atom. The molecule has 0 atom stereocenters. The van der Waals surface area contributed by atoms with Gasteiger partial charge in [-0.15, -0.1) is 0 Å². The van der Waals surface area contributed by atoms with Crippen molar-refractivity contribution in [1.29, 1.82) is 0 Å². The Morgan fingerprint density at radius 2 is 2.07 bits per heavy atom. The zero-order chi connectivity index (χ0) is 11.4. The van der Waals surface area contributed by atoms with Crippen LogP contribution in [0.2, 0.25) is 0 Å². The number of benzene rings is 1. The van der Waals surface area contributed by atoms with E-state index in [1.165, 1.54) is 24.3 Å². The number of nitrogens with one attached hydrogen (secondary N) is 1. The molecule has 4 nitrogen and oxygen atoms in total. The molecular weight excluding hydrogens is 199 g/mol. The van der Waals surface area contributed by atoms with E-state index in [0.717, 1.165) is 0 Å². The summed E-state index contributed by atoms with van der Waals surface area (Å²) in [4.78, 5) is 21.7. The fraction of sp³-hybridized carbons (Fsp3) is 0. The number of hydrogen-bond donors (Lipinski definition) is 2. The summed E-state index contributed by atoms with van der Waals surface area (Å²) in [5.41, 5.74) is 5.55. The van der Waals surface area contributed by atoms with Gasteiger partial charge in [-0.25, -0.2) is 4.39 Å². The van der Waals surface area contributed by atoms with E-state index in [2.05, 4.69) is 11.9 Å². The molecule has 0 bridgehead atoms. The number of hydrogen-bond acceptors (Lipinski definition) is 2. The lowest BCUT2D eigenvalue weighted by Gasteiger charge is -2.03. The summed E-state index contributed by atoms with van der Waals surface area (Å²) in [5, 5.41) is 2.22. The quantitative estimate of drug-likeness (QED) is 0.733. The summed E-state index contributed by atoms with van der Waals surface area (Å²) in [6, 6.07) is 5.87. The molecular formula is C10H9FN2O2. The second-order valence-electron chi connectivity index (χ2n) is 2.80. The highest BCUT2D eigenvalue weighted by atomic mass is 19.1. The summed E-state index contributed by atoms with van der Waals surface area (Å²) in [6.07, 6.45) is 0. The van der Waals surface area contributed by atoms with Crippen molar-refractivity contribution >= 4 is 17.5 Å². The number of primary amides is 1. The van der Waals surface area contributed by atoms with Crippen molar-refractivity contribution in [2.24, 2.45) is 5.73 Å². The molecule has 0 aromatic heterocycles. The molecule has 1 aromatic rings. The first-order valence-corrected chi connectivity index (χ1v) is 4.06. The standard InChI is InChI=1S/C10H9FN2O2/c1-6(11)10(15)13-8-4-2-3-7(5-8)9(12)14/h2-5H,1H2,(H2,12,14)(H,13,15). The van der Waals surface area contributed by atoms with E-state index in [-0.39, 0.29) is 11.3 Å². The lowest BCUT2D eigenvalue weighted by Crippen LogP contribution is -2.14. The van der Waals surface area contributed by atoms with Crippen LogP contribution in [0.4, 0.5) is 10.1 Å². The van der Waals surface area contributed by atoms with Crippen molar-refractivity contribution in [2.45, 2.75) is 0 Å². The topological polar surface area (TPSA) is 72.2 Å². The van der Waals surface area contributed by atoms with E-state index >= 15 is 0 Å². The fourth-order valence-corrected chi connectivity index (χ4v) is 0.949. The predicted molar refractivity (Wildman–Crippen MR) is 53.8 cm³/mol. The molecule has 0 saturated heterocycles. The fourth-order valence-electron chi connectivity index (χ4n) is 0.949. The van der Waals surface area contributed by atoms with Crippen molar-refractivity contribution in [3.8, 4) is 0 Å². The maximum absolute atomic E-state index is 12.3. The maximum Gasteiger partial charge on any atom is 0.283 e. The largest absolute Gasteiger partial charge is 0.366 e. The molecule has 0 saturated carbocycles. The summed E-state index contributed by atoms with van der Waals surface area (Å²) >= 11 is 0. The molecule has 15 heavy (non-hydrogen) atoms. The third kappa shape index (κ3) is 2.91. The van der Waals surface area contributed by atoms with Crippen LogP contribution in [-0.2, 0) is 4.79 Å². The highest BCUT2D eigenvalue weighted by Crippen LogP contribution is 2.11. The number of carbonyl (C=O) groups is 2. The van der Waals surface area contributed by atoms with Crippen LogP contribution in [-0.4, -0.2) is 11.8 Å². The Balaban J connectivity index is 2.87. The summed E-state index contributed by atoms with van der Waals surface area (Å²) in [7, 11) is 0. The van der Waals surface area contributed by atoms with Crippen molar-refractivity contribution in [3.63, 3.8) is 0 Å². The third-order valence-electron chi connectivity index (χ3n) is 1.65. The van der Waals surface area contributed by atoms with Gasteiger partial charge in [0.25, 0.3) is 5.91 Å². The average Bonchev–Trinajstić information content (AvgIpc) is 2.18. The van der Waals surface area contributed by atoms with Gasteiger partial charge in [0, 0.05) is 11.3 Å². The average molecular weight is 208 g/mol. The van der Waals surface area contributed by atoms with Gasteiger partial charge in [-0.2, -0.15) is 0 Å². The lowest BCUT2D eigenvalue weighted by molar-refractivity contribution is -0.114. The zero-order valence-corrected chi connectivity index (χ0v) is 7.79. The number of carbonyl (C=O) groups excluding carboxylic acids is 2. The van der Waals surface area contributed by atoms with Crippen molar-refractivity contribution in [3.05, 3.63) is 42.2 Å². The van der Waals surface area contributed by atoms with Gasteiger partial charge in [0.05, 0.1) is 0 Å². The van der Waals surface area contributed by atoms with E-state index in [1.807, 2.05) is 0 Å². The SMILES string of the molecule is C=C(F)C(=O)Nc1cccc(C(N)=O)c1. The lowest BCUT2D eigenvalue weighted by atomic mass is 10.2. The normalized spacial score (nSPS) is 9.40. The van der Waals surface area contributed by atoms with Gasteiger partial charge in [0.2, 0.25) is 5.91 Å². The maximum atomic E-state index is 12.3. The molecule has 3 N–H and O–H groups in total. The first-order chi connectivity index (χ1) is 7.00. The van der Waals surface area contributed by atoms with E-state index in [9.17, 15) is 14.0 Å². The summed E-state index contributed by atoms with van der Waals surface area (Å²) in [5.74, 6) is -2.67. The first-order valence-electron chi connectivity index (χ1n) is 4.06. The molecule has 0 aliphatic rings. The number of amides is 2. The van der Waals surface area contributed by atoms with Gasteiger partial charge < -0.3 is 11.1 Å². The summed E-state index contributed by atoms with van der Waals surface area (Å²) in [6.45, 7) is 2.84. The van der Waals surface area contributed by atoms with Crippen LogP contribution in [0.25, 0.3) is 0 Å². The predicted octanol–water partition coefficient (Wildman–Crippen LogP) is 1.21. The smallest absolute Gasteiger partial charge is 0.283 e. The second kappa shape index (κ2) is 4.36. The first kappa shape index (κ1) is 10.9. The molecule has 0 spiro atoms.